The van der Waals surface area contributed by atoms with Crippen molar-refractivity contribution in [3.63, 3.8) is 0 Å². The summed E-state index contributed by atoms with van der Waals surface area (Å²) in [6, 6.07) is 10.2. The maximum Gasteiger partial charge on any atom is 0.141 e. The number of carbonyl (C=O) groups excluding carboxylic acids is 1. The third kappa shape index (κ3) is 5.44. The predicted octanol–water partition coefficient (Wildman–Crippen LogP) is 4.29. The highest BCUT2D eigenvalue weighted by Crippen LogP contribution is 2.26. The van der Waals surface area contributed by atoms with Crippen molar-refractivity contribution < 1.29 is 4.79 Å². The van der Waals surface area contributed by atoms with Crippen LogP contribution in [-0.2, 0) is 4.79 Å². The molecule has 1 aromatic carbocycles. The number of nitrogens with zero attached hydrogens (tertiary/aromatic N) is 1. The molecule has 0 aliphatic carbocycles. The van der Waals surface area contributed by atoms with Gasteiger partial charge in [-0.25, -0.2) is 0 Å². The minimum Gasteiger partial charge on any atom is -0.303 e. The molecule has 1 aliphatic heterocycles. The summed E-state index contributed by atoms with van der Waals surface area (Å²) < 4.78 is 0. The average Bonchev–Trinajstić information content (AvgIpc) is 2.47. The summed E-state index contributed by atoms with van der Waals surface area (Å²) in [5.74, 6) is 0.823. The van der Waals surface area contributed by atoms with E-state index >= 15 is 0 Å². The van der Waals surface area contributed by atoms with Crippen LogP contribution in [0.5, 0.6) is 0 Å². The number of ketones is 1. The molecule has 2 nitrogen and oxygen atoms in total. The van der Waals surface area contributed by atoms with E-state index in [0.717, 1.165) is 6.54 Å². The average molecular weight is 310 g/mol. The summed E-state index contributed by atoms with van der Waals surface area (Å²) in [6.07, 6.45) is 4.63. The zero-order chi connectivity index (χ0) is 14.4. The monoisotopic (exact) mass is 309 g/mol. The molecular weight excluding hydrogens is 282 g/mol. The van der Waals surface area contributed by atoms with Crippen molar-refractivity contribution in [1.29, 1.82) is 0 Å². The van der Waals surface area contributed by atoms with Gasteiger partial charge in [0.2, 0.25) is 0 Å². The largest absolute Gasteiger partial charge is 0.303 e. The van der Waals surface area contributed by atoms with E-state index in [4.69, 9.17) is 0 Å². The topological polar surface area (TPSA) is 20.3 Å². The molecule has 1 heterocycles. The minimum atomic E-state index is 0. The van der Waals surface area contributed by atoms with Crippen molar-refractivity contribution in [2.45, 2.75) is 45.4 Å². The van der Waals surface area contributed by atoms with E-state index in [9.17, 15) is 4.79 Å². The quantitative estimate of drug-likeness (QED) is 0.781. The number of rotatable bonds is 6. The fourth-order valence-corrected chi connectivity index (χ4v) is 3.21. The Bertz CT molecular complexity index is 412. The molecule has 1 fully saturated rings. The van der Waals surface area contributed by atoms with Gasteiger partial charge in [-0.3, -0.25) is 4.79 Å². The van der Waals surface area contributed by atoms with Crippen LogP contribution in [0.25, 0.3) is 0 Å². The van der Waals surface area contributed by atoms with Crippen molar-refractivity contribution in [2.24, 2.45) is 5.92 Å². The highest BCUT2D eigenvalue weighted by Gasteiger charge is 2.24. The Hall–Kier alpha value is -0.860. The zero-order valence-corrected chi connectivity index (χ0v) is 14.1. The highest BCUT2D eigenvalue weighted by atomic mass is 35.5. The molecule has 0 aromatic heterocycles. The summed E-state index contributed by atoms with van der Waals surface area (Å²) in [5, 5.41) is 0. The van der Waals surface area contributed by atoms with Crippen LogP contribution in [0.1, 0.15) is 51.0 Å². The van der Waals surface area contributed by atoms with E-state index in [1.54, 1.807) is 0 Å². The number of carbonyl (C=O) groups is 1. The Balaban J connectivity index is 0.00000220. The lowest BCUT2D eigenvalue weighted by atomic mass is 9.84. The molecule has 118 valence electrons. The van der Waals surface area contributed by atoms with Crippen LogP contribution in [0, 0.1) is 5.92 Å². The second kappa shape index (κ2) is 9.22. The molecule has 1 saturated heterocycles. The molecule has 0 spiro atoms. The van der Waals surface area contributed by atoms with Gasteiger partial charge in [0.15, 0.2) is 0 Å². The Labute approximate surface area is 135 Å². The molecule has 0 amide bonds. The van der Waals surface area contributed by atoms with Crippen molar-refractivity contribution in [3.8, 4) is 0 Å². The maximum absolute atomic E-state index is 12.6. The lowest BCUT2D eigenvalue weighted by Gasteiger charge is -2.27. The van der Waals surface area contributed by atoms with Crippen LogP contribution in [-0.4, -0.2) is 30.3 Å². The minimum absolute atomic E-state index is 0. The van der Waals surface area contributed by atoms with E-state index in [2.05, 4.69) is 30.9 Å². The van der Waals surface area contributed by atoms with Gasteiger partial charge in [0.25, 0.3) is 0 Å². The molecule has 0 saturated carbocycles. The van der Waals surface area contributed by atoms with Gasteiger partial charge in [-0.15, -0.1) is 12.4 Å². The van der Waals surface area contributed by atoms with Crippen LogP contribution in [0.3, 0.4) is 0 Å². The van der Waals surface area contributed by atoms with Crippen molar-refractivity contribution >= 4 is 18.2 Å². The van der Waals surface area contributed by atoms with E-state index in [-0.39, 0.29) is 18.3 Å². The first-order chi connectivity index (χ1) is 9.68. The molecule has 1 atom stereocenters. The Morgan fingerprint density at radius 1 is 1.10 bits per heavy atom. The molecule has 2 rings (SSSR count). The van der Waals surface area contributed by atoms with Crippen molar-refractivity contribution in [2.75, 3.05) is 19.6 Å². The fourth-order valence-electron chi connectivity index (χ4n) is 3.21. The van der Waals surface area contributed by atoms with Gasteiger partial charge < -0.3 is 4.90 Å². The number of benzene rings is 1. The van der Waals surface area contributed by atoms with Crippen molar-refractivity contribution in [1.82, 2.24) is 4.90 Å². The van der Waals surface area contributed by atoms with E-state index in [1.807, 2.05) is 18.2 Å². The molecule has 1 unspecified atom stereocenters. The number of halogens is 1. The van der Waals surface area contributed by atoms with Crippen LogP contribution in [0.4, 0.5) is 0 Å². The fraction of sp³-hybridized carbons (Fsp3) is 0.611. The van der Waals surface area contributed by atoms with Crippen LogP contribution in [0.2, 0.25) is 0 Å². The SMILES string of the molecule is CC(C)C(C(=O)CCN1CCCCC1)c1ccccc1.Cl. The summed E-state index contributed by atoms with van der Waals surface area (Å²) in [5.41, 5.74) is 1.17. The highest BCUT2D eigenvalue weighted by molar-refractivity contribution is 5.86. The molecule has 0 radical (unpaired) electrons. The van der Waals surface area contributed by atoms with E-state index < -0.39 is 0 Å². The third-order valence-corrected chi connectivity index (χ3v) is 4.30. The first-order valence-corrected chi connectivity index (χ1v) is 7.98. The smallest absolute Gasteiger partial charge is 0.141 e. The molecular formula is C18H28ClNO. The number of Topliss-reactive ketones (excluding diaryl/α,β-unsaturated/α-hetero) is 1. The van der Waals surface area contributed by atoms with Crippen LogP contribution < -0.4 is 0 Å². The van der Waals surface area contributed by atoms with Gasteiger partial charge in [-0.05, 0) is 37.4 Å². The zero-order valence-electron chi connectivity index (χ0n) is 13.3. The van der Waals surface area contributed by atoms with Gasteiger partial charge in [-0.1, -0.05) is 50.6 Å². The lowest BCUT2D eigenvalue weighted by molar-refractivity contribution is -0.121. The van der Waals surface area contributed by atoms with Gasteiger partial charge in [0.05, 0.1) is 0 Å². The van der Waals surface area contributed by atoms with E-state index in [1.165, 1.54) is 37.9 Å². The molecule has 1 aliphatic rings. The maximum atomic E-state index is 12.6. The Morgan fingerprint density at radius 3 is 2.29 bits per heavy atom. The molecule has 0 bridgehead atoms. The molecule has 0 N–H and O–H groups in total. The number of hydrogen-bond acceptors (Lipinski definition) is 2. The number of hydrogen-bond donors (Lipinski definition) is 0. The number of likely N-dealkylation sites (tertiary alicyclic amines) is 1. The third-order valence-electron chi connectivity index (χ3n) is 4.30. The normalized spacial score (nSPS) is 17.3. The summed E-state index contributed by atoms with van der Waals surface area (Å²) >= 11 is 0. The Kier molecular flexibility index (Phi) is 7.98. The first kappa shape index (κ1) is 18.2. The van der Waals surface area contributed by atoms with E-state index in [0.29, 0.717) is 18.1 Å². The van der Waals surface area contributed by atoms with Gasteiger partial charge in [0.1, 0.15) is 5.78 Å². The molecule has 1 aromatic rings. The summed E-state index contributed by atoms with van der Waals surface area (Å²) in [6.45, 7) is 7.58. The van der Waals surface area contributed by atoms with Gasteiger partial charge >= 0.3 is 0 Å². The second-order valence-corrected chi connectivity index (χ2v) is 6.25. The van der Waals surface area contributed by atoms with Crippen LogP contribution >= 0.6 is 12.4 Å². The second-order valence-electron chi connectivity index (χ2n) is 6.25. The Morgan fingerprint density at radius 2 is 1.71 bits per heavy atom. The predicted molar refractivity (Wildman–Crippen MR) is 91.2 cm³/mol. The van der Waals surface area contributed by atoms with Gasteiger partial charge in [0, 0.05) is 18.9 Å². The molecule has 3 heteroatoms. The van der Waals surface area contributed by atoms with Crippen LogP contribution in [0.15, 0.2) is 30.3 Å². The first-order valence-electron chi connectivity index (χ1n) is 7.98. The standard InChI is InChI=1S/C18H27NO.ClH/c1-15(2)18(16-9-5-3-6-10-16)17(20)11-14-19-12-7-4-8-13-19;/h3,5-6,9-10,15,18H,4,7-8,11-14H2,1-2H3;1H. The lowest BCUT2D eigenvalue weighted by Crippen LogP contribution is -2.32. The molecule has 21 heavy (non-hydrogen) atoms. The van der Waals surface area contributed by atoms with Crippen molar-refractivity contribution in [3.05, 3.63) is 35.9 Å². The summed E-state index contributed by atoms with van der Waals surface area (Å²) in [7, 11) is 0. The summed E-state index contributed by atoms with van der Waals surface area (Å²) in [4.78, 5) is 15.0. The van der Waals surface area contributed by atoms with Gasteiger partial charge in [-0.2, -0.15) is 0 Å². The number of piperidine rings is 1.